The van der Waals surface area contributed by atoms with E-state index in [0.29, 0.717) is 29.5 Å². The zero-order valence-electron chi connectivity index (χ0n) is 13.3. The molecule has 0 aliphatic rings. The van der Waals surface area contributed by atoms with Gasteiger partial charge in [-0.1, -0.05) is 26.0 Å². The lowest BCUT2D eigenvalue weighted by molar-refractivity contribution is 0.608. The van der Waals surface area contributed by atoms with Crippen molar-refractivity contribution in [1.29, 1.82) is 0 Å². The molecule has 0 unspecified atom stereocenters. The van der Waals surface area contributed by atoms with Gasteiger partial charge in [-0.2, -0.15) is 0 Å². The van der Waals surface area contributed by atoms with Gasteiger partial charge in [0, 0.05) is 17.9 Å². The first-order valence-corrected chi connectivity index (χ1v) is 7.22. The molecule has 1 aromatic carbocycles. The lowest BCUT2D eigenvalue weighted by Crippen LogP contribution is -2.07. The van der Waals surface area contributed by atoms with E-state index in [1.807, 2.05) is 25.1 Å². The van der Waals surface area contributed by atoms with Crippen LogP contribution in [0.4, 0.5) is 10.3 Å². The molecule has 21 heavy (non-hydrogen) atoms. The molecule has 2 rings (SSSR count). The number of aromatic nitrogens is 2. The van der Waals surface area contributed by atoms with E-state index in [2.05, 4.69) is 29.1 Å². The third kappa shape index (κ3) is 3.78. The molecule has 0 spiro atoms. The van der Waals surface area contributed by atoms with Crippen LogP contribution in [0, 0.1) is 26.6 Å². The second kappa shape index (κ2) is 6.20. The fourth-order valence-electron chi connectivity index (χ4n) is 2.29. The molecule has 0 saturated carbocycles. The first-order chi connectivity index (χ1) is 9.86. The van der Waals surface area contributed by atoms with Crippen molar-refractivity contribution in [2.24, 2.45) is 0 Å². The summed E-state index contributed by atoms with van der Waals surface area (Å²) in [5.41, 5.74) is 4.33. The van der Waals surface area contributed by atoms with Gasteiger partial charge in [0.05, 0.1) is 0 Å². The molecular formula is C17H22FN3. The Morgan fingerprint density at radius 1 is 1.05 bits per heavy atom. The minimum absolute atomic E-state index is 0.132. The Morgan fingerprint density at radius 2 is 1.67 bits per heavy atom. The van der Waals surface area contributed by atoms with E-state index < -0.39 is 0 Å². The highest BCUT2D eigenvalue weighted by molar-refractivity contribution is 5.35. The number of halogens is 1. The van der Waals surface area contributed by atoms with Crippen molar-refractivity contribution in [1.82, 2.24) is 9.97 Å². The fourth-order valence-corrected chi connectivity index (χ4v) is 2.29. The second-order valence-electron chi connectivity index (χ2n) is 5.81. The van der Waals surface area contributed by atoms with Crippen molar-refractivity contribution < 1.29 is 4.39 Å². The Balaban J connectivity index is 2.16. The Hall–Kier alpha value is -1.97. The molecule has 112 valence electrons. The minimum atomic E-state index is -0.132. The Kier molecular flexibility index (Phi) is 4.56. The van der Waals surface area contributed by atoms with Gasteiger partial charge in [-0.05, 0) is 49.4 Å². The van der Waals surface area contributed by atoms with E-state index >= 15 is 0 Å². The maximum Gasteiger partial charge on any atom is 0.223 e. The number of hydrogen-bond donors (Lipinski definition) is 1. The SMILES string of the molecule is Cc1cc(C(C)C)nc(NCc2cc(C)c(F)c(C)c2)n1. The third-order valence-electron chi connectivity index (χ3n) is 3.41. The van der Waals surface area contributed by atoms with Crippen LogP contribution in [0.5, 0.6) is 0 Å². The molecule has 0 radical (unpaired) electrons. The minimum Gasteiger partial charge on any atom is -0.350 e. The highest BCUT2D eigenvalue weighted by atomic mass is 19.1. The molecule has 1 N–H and O–H groups in total. The molecule has 0 amide bonds. The summed E-state index contributed by atoms with van der Waals surface area (Å²) < 4.78 is 13.6. The lowest BCUT2D eigenvalue weighted by atomic mass is 10.1. The van der Waals surface area contributed by atoms with E-state index in [4.69, 9.17) is 0 Å². The molecule has 0 aliphatic heterocycles. The Bertz CT molecular complexity index is 627. The quantitative estimate of drug-likeness (QED) is 0.912. The number of anilines is 1. The van der Waals surface area contributed by atoms with Crippen molar-refractivity contribution in [3.63, 3.8) is 0 Å². The monoisotopic (exact) mass is 287 g/mol. The lowest BCUT2D eigenvalue weighted by Gasteiger charge is -2.11. The summed E-state index contributed by atoms with van der Waals surface area (Å²) in [5.74, 6) is 0.855. The summed E-state index contributed by atoms with van der Waals surface area (Å²) in [4.78, 5) is 8.91. The number of hydrogen-bond acceptors (Lipinski definition) is 3. The van der Waals surface area contributed by atoms with Crippen LogP contribution in [0.15, 0.2) is 18.2 Å². The van der Waals surface area contributed by atoms with Crippen LogP contribution in [0.25, 0.3) is 0 Å². The molecule has 0 fully saturated rings. The number of nitrogens with one attached hydrogen (secondary N) is 1. The molecule has 2 aromatic rings. The highest BCUT2D eigenvalue weighted by Gasteiger charge is 2.07. The summed E-state index contributed by atoms with van der Waals surface area (Å²) in [6.07, 6.45) is 0. The predicted molar refractivity (Wildman–Crippen MR) is 84.1 cm³/mol. The molecular weight excluding hydrogens is 265 g/mol. The van der Waals surface area contributed by atoms with Gasteiger partial charge < -0.3 is 5.32 Å². The summed E-state index contributed by atoms with van der Waals surface area (Å²) >= 11 is 0. The average molecular weight is 287 g/mol. The van der Waals surface area contributed by atoms with Gasteiger partial charge in [0.25, 0.3) is 0 Å². The largest absolute Gasteiger partial charge is 0.350 e. The summed E-state index contributed by atoms with van der Waals surface area (Å²) in [7, 11) is 0. The van der Waals surface area contributed by atoms with E-state index in [1.165, 1.54) is 0 Å². The summed E-state index contributed by atoms with van der Waals surface area (Å²) in [6, 6.07) is 5.71. The smallest absolute Gasteiger partial charge is 0.223 e. The fraction of sp³-hybridized carbons (Fsp3) is 0.412. The summed E-state index contributed by atoms with van der Waals surface area (Å²) in [5, 5.41) is 3.23. The maximum absolute atomic E-state index is 13.6. The van der Waals surface area contributed by atoms with Crippen LogP contribution in [0.2, 0.25) is 0 Å². The van der Waals surface area contributed by atoms with Crippen molar-refractivity contribution in [3.8, 4) is 0 Å². The molecule has 0 saturated heterocycles. The van der Waals surface area contributed by atoms with Gasteiger partial charge in [-0.3, -0.25) is 0 Å². The van der Waals surface area contributed by atoms with E-state index in [9.17, 15) is 4.39 Å². The number of benzene rings is 1. The highest BCUT2D eigenvalue weighted by Crippen LogP contribution is 2.17. The van der Waals surface area contributed by atoms with Crippen molar-refractivity contribution >= 4 is 5.95 Å². The maximum atomic E-state index is 13.6. The van der Waals surface area contributed by atoms with Crippen LogP contribution < -0.4 is 5.32 Å². The standard InChI is InChI=1S/C17H22FN3/c1-10(2)15-8-13(5)20-17(21-15)19-9-14-6-11(3)16(18)12(4)7-14/h6-8,10H,9H2,1-5H3,(H,19,20,21). The number of aryl methyl sites for hydroxylation is 3. The van der Waals surface area contributed by atoms with Gasteiger partial charge >= 0.3 is 0 Å². The molecule has 4 heteroatoms. The van der Waals surface area contributed by atoms with Crippen molar-refractivity contribution in [3.05, 3.63) is 52.1 Å². The van der Waals surface area contributed by atoms with Gasteiger partial charge in [-0.15, -0.1) is 0 Å². The van der Waals surface area contributed by atoms with Gasteiger partial charge in [0.1, 0.15) is 5.82 Å². The van der Waals surface area contributed by atoms with Gasteiger partial charge in [0.2, 0.25) is 5.95 Å². The molecule has 0 aliphatic carbocycles. The van der Waals surface area contributed by atoms with Gasteiger partial charge in [0.15, 0.2) is 0 Å². The normalized spacial score (nSPS) is 11.0. The zero-order valence-corrected chi connectivity index (χ0v) is 13.3. The van der Waals surface area contributed by atoms with Gasteiger partial charge in [-0.25, -0.2) is 14.4 Å². The van der Waals surface area contributed by atoms with E-state index in [0.717, 1.165) is 17.0 Å². The van der Waals surface area contributed by atoms with Crippen molar-refractivity contribution in [2.45, 2.75) is 47.1 Å². The first-order valence-electron chi connectivity index (χ1n) is 7.22. The first kappa shape index (κ1) is 15.4. The second-order valence-corrected chi connectivity index (χ2v) is 5.81. The number of nitrogens with zero attached hydrogens (tertiary/aromatic N) is 2. The Morgan fingerprint density at radius 3 is 2.24 bits per heavy atom. The molecule has 1 aromatic heterocycles. The van der Waals surface area contributed by atoms with Crippen LogP contribution in [-0.4, -0.2) is 9.97 Å². The molecule has 0 atom stereocenters. The van der Waals surface area contributed by atoms with Crippen LogP contribution in [0.3, 0.4) is 0 Å². The van der Waals surface area contributed by atoms with E-state index in [-0.39, 0.29) is 5.82 Å². The van der Waals surface area contributed by atoms with Crippen LogP contribution >= 0.6 is 0 Å². The van der Waals surface area contributed by atoms with Crippen molar-refractivity contribution in [2.75, 3.05) is 5.32 Å². The Labute approximate surface area is 125 Å². The summed E-state index contributed by atoms with van der Waals surface area (Å²) in [6.45, 7) is 10.3. The average Bonchev–Trinajstić information content (AvgIpc) is 2.41. The molecule has 0 bridgehead atoms. The zero-order chi connectivity index (χ0) is 15.6. The van der Waals surface area contributed by atoms with Crippen LogP contribution in [-0.2, 0) is 6.54 Å². The molecule has 1 heterocycles. The topological polar surface area (TPSA) is 37.8 Å². The van der Waals surface area contributed by atoms with E-state index in [1.54, 1.807) is 13.8 Å². The predicted octanol–water partition coefficient (Wildman–Crippen LogP) is 4.28. The molecule has 3 nitrogen and oxygen atoms in total. The third-order valence-corrected chi connectivity index (χ3v) is 3.41. The van der Waals surface area contributed by atoms with Crippen LogP contribution in [0.1, 0.15) is 47.8 Å². The number of rotatable bonds is 4.